The fourth-order valence-corrected chi connectivity index (χ4v) is 1.68. The molecule has 6 heteroatoms. The largest absolute Gasteiger partial charge is 0.481 e. The fourth-order valence-electron chi connectivity index (χ4n) is 1.68. The summed E-state index contributed by atoms with van der Waals surface area (Å²) in [5.74, 6) is -3.25. The van der Waals surface area contributed by atoms with Crippen LogP contribution in [0.4, 0.5) is 0 Å². The molecule has 0 radical (unpaired) electrons. The Kier molecular flexibility index (Phi) is 4.63. The summed E-state index contributed by atoms with van der Waals surface area (Å²) in [7, 11) is 0. The van der Waals surface area contributed by atoms with Crippen LogP contribution in [-0.4, -0.2) is 34.1 Å². The topological polar surface area (TPSA) is 104 Å². The Hall–Kier alpha value is -2.37. The third kappa shape index (κ3) is 4.09. The lowest BCUT2D eigenvalue weighted by Crippen LogP contribution is -2.42. The first-order chi connectivity index (χ1) is 8.81. The van der Waals surface area contributed by atoms with Gasteiger partial charge in [0, 0.05) is 5.56 Å². The Morgan fingerprint density at radius 2 is 1.84 bits per heavy atom. The van der Waals surface area contributed by atoms with E-state index in [4.69, 9.17) is 10.2 Å². The second-order valence-electron chi connectivity index (χ2n) is 4.28. The van der Waals surface area contributed by atoms with Crippen molar-refractivity contribution < 1.29 is 24.6 Å². The average molecular weight is 265 g/mol. The van der Waals surface area contributed by atoms with E-state index < -0.39 is 30.3 Å². The first kappa shape index (κ1) is 14.7. The highest BCUT2D eigenvalue weighted by Gasteiger charge is 2.24. The minimum Gasteiger partial charge on any atom is -0.481 e. The molecule has 1 atom stereocenters. The molecule has 102 valence electrons. The van der Waals surface area contributed by atoms with Gasteiger partial charge in [-0.3, -0.25) is 9.59 Å². The molecule has 6 nitrogen and oxygen atoms in total. The molecule has 0 aliphatic carbocycles. The van der Waals surface area contributed by atoms with Crippen LogP contribution in [-0.2, 0) is 9.59 Å². The van der Waals surface area contributed by atoms with E-state index in [1.54, 1.807) is 25.1 Å². The first-order valence-electron chi connectivity index (χ1n) is 5.64. The molecular weight excluding hydrogens is 250 g/mol. The molecule has 0 aliphatic rings. The summed E-state index contributed by atoms with van der Waals surface area (Å²) in [6.07, 6.45) is -0.661. The average Bonchev–Trinajstić information content (AvgIpc) is 2.26. The second kappa shape index (κ2) is 5.99. The third-order valence-electron chi connectivity index (χ3n) is 2.61. The van der Waals surface area contributed by atoms with Crippen LogP contribution in [0.2, 0.25) is 0 Å². The molecule has 0 saturated carbocycles. The van der Waals surface area contributed by atoms with Crippen LogP contribution in [0.5, 0.6) is 0 Å². The maximum atomic E-state index is 11.9. The van der Waals surface area contributed by atoms with Gasteiger partial charge in [0.1, 0.15) is 6.04 Å². The lowest BCUT2D eigenvalue weighted by Gasteiger charge is -2.13. The molecule has 1 unspecified atom stereocenters. The summed E-state index contributed by atoms with van der Waals surface area (Å²) < 4.78 is 0. The summed E-state index contributed by atoms with van der Waals surface area (Å²) in [6.45, 7) is 3.61. The highest BCUT2D eigenvalue weighted by Crippen LogP contribution is 2.11. The number of carbonyl (C=O) groups excluding carboxylic acids is 1. The smallest absolute Gasteiger partial charge is 0.326 e. The monoisotopic (exact) mass is 265 g/mol. The van der Waals surface area contributed by atoms with Gasteiger partial charge in [-0.1, -0.05) is 17.7 Å². The number of carboxylic acids is 2. The Morgan fingerprint density at radius 1 is 1.21 bits per heavy atom. The minimum atomic E-state index is -1.44. The Morgan fingerprint density at radius 3 is 2.32 bits per heavy atom. The van der Waals surface area contributed by atoms with E-state index in [9.17, 15) is 14.4 Å². The summed E-state index contributed by atoms with van der Waals surface area (Å²) in [4.78, 5) is 33.3. The van der Waals surface area contributed by atoms with Crippen LogP contribution in [0.15, 0.2) is 18.2 Å². The van der Waals surface area contributed by atoms with Crippen molar-refractivity contribution >= 4 is 17.8 Å². The molecule has 1 aromatic carbocycles. The molecule has 1 rings (SSSR count). The number of nitrogens with one attached hydrogen (secondary N) is 1. The lowest BCUT2D eigenvalue weighted by atomic mass is 10.0. The standard InChI is InChI=1S/C13H15NO5/c1-7-3-4-9(8(2)5-7)12(17)14-10(13(18)19)6-11(15)16/h3-5,10H,6H2,1-2H3,(H,14,17)(H,15,16)(H,18,19). The van der Waals surface area contributed by atoms with Gasteiger partial charge in [0.2, 0.25) is 0 Å². The number of aryl methyl sites for hydroxylation is 2. The minimum absolute atomic E-state index is 0.335. The highest BCUT2D eigenvalue weighted by atomic mass is 16.4. The van der Waals surface area contributed by atoms with Crippen molar-refractivity contribution in [3.8, 4) is 0 Å². The number of rotatable bonds is 5. The Bertz CT molecular complexity index is 524. The SMILES string of the molecule is Cc1ccc(C(=O)NC(CC(=O)O)C(=O)O)c(C)c1. The maximum Gasteiger partial charge on any atom is 0.326 e. The van der Waals surface area contributed by atoms with E-state index in [0.717, 1.165) is 5.56 Å². The van der Waals surface area contributed by atoms with Crippen molar-refractivity contribution in [2.75, 3.05) is 0 Å². The molecule has 1 amide bonds. The van der Waals surface area contributed by atoms with Gasteiger partial charge in [-0.15, -0.1) is 0 Å². The van der Waals surface area contributed by atoms with Crippen LogP contribution in [0.25, 0.3) is 0 Å². The number of hydrogen-bond donors (Lipinski definition) is 3. The van der Waals surface area contributed by atoms with Gasteiger partial charge in [0.15, 0.2) is 0 Å². The fraction of sp³-hybridized carbons (Fsp3) is 0.308. The normalized spacial score (nSPS) is 11.7. The quantitative estimate of drug-likeness (QED) is 0.735. The van der Waals surface area contributed by atoms with Gasteiger partial charge in [-0.2, -0.15) is 0 Å². The van der Waals surface area contributed by atoms with E-state index in [1.807, 2.05) is 6.92 Å². The molecule has 19 heavy (non-hydrogen) atoms. The van der Waals surface area contributed by atoms with Gasteiger partial charge in [-0.05, 0) is 25.5 Å². The predicted octanol–water partition coefficient (Wildman–Crippen LogP) is 0.961. The molecule has 3 N–H and O–H groups in total. The molecular formula is C13H15NO5. The molecule has 0 spiro atoms. The Balaban J connectivity index is 2.87. The number of benzene rings is 1. The van der Waals surface area contributed by atoms with Crippen molar-refractivity contribution in [1.82, 2.24) is 5.32 Å². The zero-order valence-corrected chi connectivity index (χ0v) is 10.6. The van der Waals surface area contributed by atoms with Gasteiger partial charge in [-0.25, -0.2) is 4.79 Å². The van der Waals surface area contributed by atoms with E-state index in [1.165, 1.54) is 0 Å². The Labute approximate surface area is 110 Å². The van der Waals surface area contributed by atoms with E-state index in [-0.39, 0.29) is 0 Å². The zero-order chi connectivity index (χ0) is 14.6. The maximum absolute atomic E-state index is 11.9. The van der Waals surface area contributed by atoms with E-state index >= 15 is 0 Å². The van der Waals surface area contributed by atoms with Crippen LogP contribution < -0.4 is 5.32 Å². The molecule has 0 fully saturated rings. The van der Waals surface area contributed by atoms with Crippen LogP contribution in [0.3, 0.4) is 0 Å². The van der Waals surface area contributed by atoms with Crippen molar-refractivity contribution in [3.63, 3.8) is 0 Å². The molecule has 1 aromatic rings. The van der Waals surface area contributed by atoms with Crippen molar-refractivity contribution in [2.45, 2.75) is 26.3 Å². The number of carboxylic acid groups (broad SMARTS) is 2. The number of hydrogen-bond acceptors (Lipinski definition) is 3. The van der Waals surface area contributed by atoms with Crippen LogP contribution in [0.1, 0.15) is 27.9 Å². The molecule has 0 aliphatic heterocycles. The highest BCUT2D eigenvalue weighted by molar-refractivity contribution is 5.98. The van der Waals surface area contributed by atoms with Crippen LogP contribution in [0, 0.1) is 13.8 Å². The summed E-state index contributed by atoms with van der Waals surface area (Å²) in [5, 5.41) is 19.7. The molecule has 0 bridgehead atoms. The lowest BCUT2D eigenvalue weighted by molar-refractivity contribution is -0.145. The van der Waals surface area contributed by atoms with E-state index in [2.05, 4.69) is 5.32 Å². The van der Waals surface area contributed by atoms with Gasteiger partial charge < -0.3 is 15.5 Å². The molecule has 0 heterocycles. The van der Waals surface area contributed by atoms with Crippen molar-refractivity contribution in [2.24, 2.45) is 0 Å². The van der Waals surface area contributed by atoms with Gasteiger partial charge in [0.25, 0.3) is 5.91 Å². The number of carbonyl (C=O) groups is 3. The molecule has 0 aromatic heterocycles. The summed E-state index contributed by atoms with van der Waals surface area (Å²) in [5.41, 5.74) is 2.02. The van der Waals surface area contributed by atoms with Gasteiger partial charge in [0.05, 0.1) is 6.42 Å². The number of aliphatic carboxylic acids is 2. The van der Waals surface area contributed by atoms with Gasteiger partial charge >= 0.3 is 11.9 Å². The van der Waals surface area contributed by atoms with Crippen molar-refractivity contribution in [3.05, 3.63) is 34.9 Å². The summed E-state index contributed by atoms with van der Waals surface area (Å²) in [6, 6.07) is 3.67. The first-order valence-corrected chi connectivity index (χ1v) is 5.64. The van der Waals surface area contributed by atoms with E-state index in [0.29, 0.717) is 11.1 Å². The van der Waals surface area contributed by atoms with Crippen molar-refractivity contribution in [1.29, 1.82) is 0 Å². The zero-order valence-electron chi connectivity index (χ0n) is 10.6. The predicted molar refractivity (Wildman–Crippen MR) is 67.1 cm³/mol. The summed E-state index contributed by atoms with van der Waals surface area (Å²) >= 11 is 0. The third-order valence-corrected chi connectivity index (χ3v) is 2.61. The van der Waals surface area contributed by atoms with Crippen LogP contribution >= 0.6 is 0 Å². The number of amides is 1. The molecule has 0 saturated heterocycles. The second-order valence-corrected chi connectivity index (χ2v) is 4.28.